The van der Waals surface area contributed by atoms with Crippen molar-refractivity contribution in [2.24, 2.45) is 0 Å². The first-order valence-corrected chi connectivity index (χ1v) is 8.03. The number of rotatable bonds is 3. The number of hydrogen-bond acceptors (Lipinski definition) is 7. The molecule has 7 nitrogen and oxygen atoms in total. The topological polar surface area (TPSA) is 120 Å². The number of phenolic OH excluding ortho intramolecular Hbond substituents is 1. The smallest absolute Gasteiger partial charge is 0.229 e. The molecule has 136 valence electrons. The van der Waals surface area contributed by atoms with Gasteiger partial charge in [-0.15, -0.1) is 0 Å². The largest absolute Gasteiger partial charge is 0.507 e. The Balaban J connectivity index is 2.01. The minimum absolute atomic E-state index is 0.105. The highest BCUT2D eigenvalue weighted by Crippen LogP contribution is 2.38. The van der Waals surface area contributed by atoms with E-state index in [4.69, 9.17) is 9.47 Å². The highest BCUT2D eigenvalue weighted by Gasteiger charge is 2.45. The van der Waals surface area contributed by atoms with E-state index < -0.39 is 37.3 Å². The van der Waals surface area contributed by atoms with Crippen LogP contribution in [0.25, 0.3) is 10.8 Å². The molecule has 7 heteroatoms. The number of aryl methyl sites for hydroxylation is 2. The molecule has 0 saturated carbocycles. The number of aliphatic hydroxyl groups excluding tert-OH is 4. The Hall–Kier alpha value is -1.90. The predicted octanol–water partition coefficient (Wildman–Crippen LogP) is 0.341. The van der Waals surface area contributed by atoms with E-state index in [1.165, 1.54) is 6.07 Å². The van der Waals surface area contributed by atoms with Crippen molar-refractivity contribution in [3.05, 3.63) is 35.4 Å². The lowest BCUT2D eigenvalue weighted by Gasteiger charge is -2.39. The van der Waals surface area contributed by atoms with Gasteiger partial charge in [0.1, 0.15) is 35.9 Å². The highest BCUT2D eigenvalue weighted by atomic mass is 16.7. The summed E-state index contributed by atoms with van der Waals surface area (Å²) < 4.78 is 11.2. The van der Waals surface area contributed by atoms with Gasteiger partial charge in [0.15, 0.2) is 0 Å². The molecule has 0 radical (unpaired) electrons. The lowest BCUT2D eigenvalue weighted by Crippen LogP contribution is -2.60. The molecule has 0 aromatic heterocycles. The first kappa shape index (κ1) is 17.9. The molecule has 0 bridgehead atoms. The summed E-state index contributed by atoms with van der Waals surface area (Å²) in [4.78, 5) is 0. The number of aromatic hydroxyl groups is 1. The standard InChI is InChI=1S/C18H22O7/c1-8-3-4-10-11(5-8)17(9(2)6-12(10)20)25-18-16(23)15(22)14(21)13(7-19)24-18/h3-6,13-16,18-23H,7H2,1-2H3. The van der Waals surface area contributed by atoms with Gasteiger partial charge in [0, 0.05) is 10.8 Å². The van der Waals surface area contributed by atoms with Gasteiger partial charge in [0.2, 0.25) is 6.29 Å². The average molecular weight is 350 g/mol. The number of ether oxygens (including phenoxy) is 2. The van der Waals surface area contributed by atoms with E-state index in [2.05, 4.69) is 0 Å². The van der Waals surface area contributed by atoms with Gasteiger partial charge in [-0.1, -0.05) is 17.7 Å². The van der Waals surface area contributed by atoms with Gasteiger partial charge in [-0.2, -0.15) is 0 Å². The summed E-state index contributed by atoms with van der Waals surface area (Å²) in [6.45, 7) is 3.11. The van der Waals surface area contributed by atoms with Crippen LogP contribution in [-0.2, 0) is 4.74 Å². The first-order chi connectivity index (χ1) is 11.8. The predicted molar refractivity (Wildman–Crippen MR) is 89.5 cm³/mol. The van der Waals surface area contributed by atoms with E-state index in [1.807, 2.05) is 19.1 Å². The molecule has 25 heavy (non-hydrogen) atoms. The third kappa shape index (κ3) is 3.17. The Labute approximate surface area is 144 Å². The van der Waals surface area contributed by atoms with Crippen molar-refractivity contribution >= 4 is 10.8 Å². The van der Waals surface area contributed by atoms with Crippen LogP contribution in [0.4, 0.5) is 0 Å². The van der Waals surface area contributed by atoms with Gasteiger partial charge in [-0.3, -0.25) is 0 Å². The monoisotopic (exact) mass is 350 g/mol. The second kappa shape index (κ2) is 6.78. The lowest BCUT2D eigenvalue weighted by atomic mass is 9.99. The van der Waals surface area contributed by atoms with Crippen LogP contribution < -0.4 is 4.74 Å². The molecule has 3 rings (SSSR count). The number of phenols is 1. The molecule has 5 unspecified atom stereocenters. The molecular formula is C18H22O7. The first-order valence-electron chi connectivity index (χ1n) is 8.03. The second-order valence-corrected chi connectivity index (χ2v) is 6.41. The maximum Gasteiger partial charge on any atom is 0.229 e. The van der Waals surface area contributed by atoms with Crippen LogP contribution in [0.15, 0.2) is 24.3 Å². The molecule has 5 N–H and O–H groups in total. The Kier molecular flexibility index (Phi) is 4.86. The molecule has 1 aliphatic rings. The van der Waals surface area contributed by atoms with Crippen LogP contribution >= 0.6 is 0 Å². The Bertz CT molecular complexity index is 774. The van der Waals surface area contributed by atoms with Gasteiger partial charge in [0.05, 0.1) is 6.61 Å². The van der Waals surface area contributed by atoms with Gasteiger partial charge < -0.3 is 35.0 Å². The summed E-state index contributed by atoms with van der Waals surface area (Å²) in [6, 6.07) is 6.99. The van der Waals surface area contributed by atoms with E-state index >= 15 is 0 Å². The molecule has 1 heterocycles. The van der Waals surface area contributed by atoms with Crippen LogP contribution in [0, 0.1) is 13.8 Å². The van der Waals surface area contributed by atoms with Crippen molar-refractivity contribution in [3.8, 4) is 11.5 Å². The van der Waals surface area contributed by atoms with Gasteiger partial charge in [0.25, 0.3) is 0 Å². The van der Waals surface area contributed by atoms with Gasteiger partial charge in [-0.25, -0.2) is 0 Å². The maximum absolute atomic E-state index is 10.2. The van der Waals surface area contributed by atoms with Crippen LogP contribution in [0.3, 0.4) is 0 Å². The highest BCUT2D eigenvalue weighted by molar-refractivity contribution is 5.94. The van der Waals surface area contributed by atoms with Crippen LogP contribution in [0.2, 0.25) is 0 Å². The molecule has 1 fully saturated rings. The molecule has 5 atom stereocenters. The zero-order chi connectivity index (χ0) is 18.3. The zero-order valence-electron chi connectivity index (χ0n) is 14.0. The fourth-order valence-electron chi connectivity index (χ4n) is 3.07. The normalized spacial score (nSPS) is 29.8. The van der Waals surface area contributed by atoms with Gasteiger partial charge >= 0.3 is 0 Å². The average Bonchev–Trinajstić information content (AvgIpc) is 2.58. The molecule has 2 aromatic carbocycles. The van der Waals surface area contributed by atoms with E-state index in [9.17, 15) is 25.5 Å². The summed E-state index contributed by atoms with van der Waals surface area (Å²) in [5.41, 5.74) is 1.57. The quantitative estimate of drug-likeness (QED) is 0.541. The molecule has 1 saturated heterocycles. The molecule has 0 aliphatic carbocycles. The Morgan fingerprint density at radius 1 is 1.00 bits per heavy atom. The Morgan fingerprint density at radius 2 is 1.72 bits per heavy atom. The van der Waals surface area contributed by atoms with E-state index in [0.29, 0.717) is 22.1 Å². The number of fused-ring (bicyclic) bond motifs is 1. The van der Waals surface area contributed by atoms with E-state index in [-0.39, 0.29) is 5.75 Å². The second-order valence-electron chi connectivity index (χ2n) is 6.41. The fraction of sp³-hybridized carbons (Fsp3) is 0.444. The number of hydrogen-bond donors (Lipinski definition) is 5. The SMILES string of the molecule is Cc1ccc2c(O)cc(C)c(OC3OC(CO)C(O)C(O)C3O)c2c1. The lowest BCUT2D eigenvalue weighted by molar-refractivity contribution is -0.277. The van der Waals surface area contributed by atoms with Crippen LogP contribution in [0.5, 0.6) is 11.5 Å². The number of benzene rings is 2. The third-order valence-corrected chi connectivity index (χ3v) is 4.49. The van der Waals surface area contributed by atoms with Crippen molar-refractivity contribution in [1.82, 2.24) is 0 Å². The van der Waals surface area contributed by atoms with Crippen molar-refractivity contribution in [2.75, 3.05) is 6.61 Å². The molecule has 0 amide bonds. The summed E-state index contributed by atoms with van der Waals surface area (Å²) in [5, 5.41) is 50.6. The summed E-state index contributed by atoms with van der Waals surface area (Å²) in [7, 11) is 0. The van der Waals surface area contributed by atoms with E-state index in [0.717, 1.165) is 5.56 Å². The van der Waals surface area contributed by atoms with Crippen molar-refractivity contribution in [2.45, 2.75) is 44.6 Å². The summed E-state index contributed by atoms with van der Waals surface area (Å²) >= 11 is 0. The van der Waals surface area contributed by atoms with Crippen molar-refractivity contribution < 1.29 is 35.0 Å². The fourth-order valence-corrected chi connectivity index (χ4v) is 3.07. The van der Waals surface area contributed by atoms with E-state index in [1.54, 1.807) is 13.0 Å². The molecule has 1 aliphatic heterocycles. The maximum atomic E-state index is 10.2. The third-order valence-electron chi connectivity index (χ3n) is 4.49. The Morgan fingerprint density at radius 3 is 2.40 bits per heavy atom. The van der Waals surface area contributed by atoms with Crippen molar-refractivity contribution in [3.63, 3.8) is 0 Å². The minimum atomic E-state index is -1.51. The molecule has 0 spiro atoms. The summed E-state index contributed by atoms with van der Waals surface area (Å²) in [5.74, 6) is 0.495. The minimum Gasteiger partial charge on any atom is -0.507 e. The van der Waals surface area contributed by atoms with Crippen LogP contribution in [-0.4, -0.2) is 62.8 Å². The van der Waals surface area contributed by atoms with Gasteiger partial charge in [-0.05, 0) is 31.5 Å². The molecule has 2 aromatic rings. The van der Waals surface area contributed by atoms with Crippen LogP contribution in [0.1, 0.15) is 11.1 Å². The molecular weight excluding hydrogens is 328 g/mol. The zero-order valence-corrected chi connectivity index (χ0v) is 14.0. The number of aliphatic hydroxyl groups is 4. The summed E-state index contributed by atoms with van der Waals surface area (Å²) in [6.07, 6.45) is -6.77. The van der Waals surface area contributed by atoms with Crippen molar-refractivity contribution in [1.29, 1.82) is 0 Å².